The van der Waals surface area contributed by atoms with E-state index in [1.165, 1.54) is 45.2 Å². The molecule has 2 rings (SSSR count). The molecule has 0 spiro atoms. The Labute approximate surface area is 117 Å². The van der Waals surface area contributed by atoms with Crippen molar-refractivity contribution in [2.45, 2.75) is 51.2 Å². The Bertz CT molecular complexity index is 240. The summed E-state index contributed by atoms with van der Waals surface area (Å²) in [4.78, 5) is 2.55. The molecule has 0 aromatic heterocycles. The smallest absolute Gasteiger partial charge is 0.0897 e. The van der Waals surface area contributed by atoms with Crippen molar-refractivity contribution >= 4 is 0 Å². The van der Waals surface area contributed by atoms with Crippen LogP contribution in [0.4, 0.5) is 0 Å². The Morgan fingerprint density at radius 1 is 1.21 bits per heavy atom. The van der Waals surface area contributed by atoms with Crippen LogP contribution < -0.4 is 5.32 Å². The van der Waals surface area contributed by atoms with E-state index >= 15 is 0 Å². The van der Waals surface area contributed by atoms with Crippen LogP contribution in [0.15, 0.2) is 0 Å². The third kappa shape index (κ3) is 6.21. The highest BCUT2D eigenvalue weighted by molar-refractivity contribution is 4.74. The number of nitrogens with zero attached hydrogens (tertiary/aromatic N) is 1. The van der Waals surface area contributed by atoms with E-state index in [1.807, 2.05) is 0 Å². The molecular formula is C15H30N2O2. The number of likely N-dealkylation sites (tertiary alicyclic amines) is 1. The van der Waals surface area contributed by atoms with E-state index in [-0.39, 0.29) is 6.10 Å². The predicted octanol–water partition coefficient (Wildman–Crippen LogP) is 1.24. The Morgan fingerprint density at radius 3 is 2.63 bits per heavy atom. The highest BCUT2D eigenvalue weighted by Gasteiger charge is 2.21. The van der Waals surface area contributed by atoms with Crippen LogP contribution in [0.5, 0.6) is 0 Å². The molecule has 2 aliphatic rings. The van der Waals surface area contributed by atoms with Crippen LogP contribution in [0.3, 0.4) is 0 Å². The lowest BCUT2D eigenvalue weighted by Gasteiger charge is -2.32. The van der Waals surface area contributed by atoms with Gasteiger partial charge in [0.25, 0.3) is 0 Å². The van der Waals surface area contributed by atoms with Crippen molar-refractivity contribution < 1.29 is 9.84 Å². The van der Waals surface area contributed by atoms with Crippen molar-refractivity contribution in [1.82, 2.24) is 10.2 Å². The number of rotatable bonds is 9. The van der Waals surface area contributed by atoms with Gasteiger partial charge in [0, 0.05) is 25.7 Å². The molecule has 0 amide bonds. The molecule has 0 aromatic rings. The van der Waals surface area contributed by atoms with Crippen LogP contribution >= 0.6 is 0 Å². The molecule has 0 aromatic carbocycles. The van der Waals surface area contributed by atoms with Crippen LogP contribution in [0.2, 0.25) is 0 Å². The minimum Gasteiger partial charge on any atom is -0.389 e. The van der Waals surface area contributed by atoms with Gasteiger partial charge in [-0.3, -0.25) is 4.90 Å². The average molecular weight is 270 g/mol. The fourth-order valence-electron chi connectivity index (χ4n) is 2.66. The molecule has 2 fully saturated rings. The second-order valence-electron chi connectivity index (χ2n) is 6.24. The van der Waals surface area contributed by atoms with Gasteiger partial charge in [-0.25, -0.2) is 0 Å². The minimum absolute atomic E-state index is 0.368. The third-order valence-corrected chi connectivity index (χ3v) is 4.19. The fourth-order valence-corrected chi connectivity index (χ4v) is 2.66. The number of nitrogens with one attached hydrogen (secondary N) is 1. The van der Waals surface area contributed by atoms with Crippen molar-refractivity contribution in [2.24, 2.45) is 5.92 Å². The lowest BCUT2D eigenvalue weighted by molar-refractivity contribution is 0.0316. The molecule has 2 N–H and O–H groups in total. The van der Waals surface area contributed by atoms with Gasteiger partial charge >= 0.3 is 0 Å². The minimum atomic E-state index is -0.368. The molecule has 19 heavy (non-hydrogen) atoms. The molecule has 1 aliphatic carbocycles. The number of hydrogen-bond acceptors (Lipinski definition) is 4. The maximum Gasteiger partial charge on any atom is 0.0897 e. The maximum absolute atomic E-state index is 9.80. The maximum atomic E-state index is 9.80. The zero-order valence-corrected chi connectivity index (χ0v) is 12.3. The Balaban J connectivity index is 1.47. The second-order valence-corrected chi connectivity index (χ2v) is 6.24. The summed E-state index contributed by atoms with van der Waals surface area (Å²) >= 11 is 0. The van der Waals surface area contributed by atoms with E-state index in [4.69, 9.17) is 4.74 Å². The first-order chi connectivity index (χ1) is 9.25. The number of ether oxygens (including phenoxy) is 1. The van der Waals surface area contributed by atoms with Crippen LogP contribution in [0.1, 0.15) is 39.0 Å². The van der Waals surface area contributed by atoms with E-state index in [0.717, 1.165) is 19.1 Å². The van der Waals surface area contributed by atoms with Crippen molar-refractivity contribution in [2.75, 3.05) is 39.4 Å². The van der Waals surface area contributed by atoms with Gasteiger partial charge in [0.1, 0.15) is 0 Å². The third-order valence-electron chi connectivity index (χ3n) is 4.19. The molecule has 112 valence electrons. The monoisotopic (exact) mass is 270 g/mol. The van der Waals surface area contributed by atoms with Crippen LogP contribution in [0.25, 0.3) is 0 Å². The molecule has 1 heterocycles. The SMILES string of the molecule is CC(CNCC(O)COCC1CC1)N1CCCCC1. The van der Waals surface area contributed by atoms with E-state index in [1.54, 1.807) is 0 Å². The highest BCUT2D eigenvalue weighted by atomic mass is 16.5. The highest BCUT2D eigenvalue weighted by Crippen LogP contribution is 2.28. The Morgan fingerprint density at radius 2 is 1.95 bits per heavy atom. The van der Waals surface area contributed by atoms with Gasteiger partial charge in [0.05, 0.1) is 12.7 Å². The molecule has 4 heteroatoms. The molecule has 1 saturated heterocycles. The molecule has 4 nitrogen and oxygen atoms in total. The second kappa shape index (κ2) is 8.20. The van der Waals surface area contributed by atoms with E-state index in [2.05, 4.69) is 17.1 Å². The van der Waals surface area contributed by atoms with Gasteiger partial charge in [-0.1, -0.05) is 6.42 Å². The first-order valence-electron chi connectivity index (χ1n) is 7.96. The predicted molar refractivity (Wildman–Crippen MR) is 77.3 cm³/mol. The largest absolute Gasteiger partial charge is 0.389 e. The number of aliphatic hydroxyl groups is 1. The van der Waals surface area contributed by atoms with E-state index in [0.29, 0.717) is 19.2 Å². The standard InChI is InChI=1S/C15H30N2O2/c1-13(17-7-3-2-4-8-17)9-16-10-15(18)12-19-11-14-5-6-14/h13-16,18H,2-12H2,1H3. The summed E-state index contributed by atoms with van der Waals surface area (Å²) in [5.41, 5.74) is 0. The molecule has 2 unspecified atom stereocenters. The molecule has 0 radical (unpaired) electrons. The summed E-state index contributed by atoms with van der Waals surface area (Å²) in [6.45, 7) is 7.64. The first-order valence-corrected chi connectivity index (χ1v) is 7.96. The summed E-state index contributed by atoms with van der Waals surface area (Å²) in [7, 11) is 0. The summed E-state index contributed by atoms with van der Waals surface area (Å²) < 4.78 is 5.49. The quantitative estimate of drug-likeness (QED) is 0.662. The summed E-state index contributed by atoms with van der Waals surface area (Å²) in [5.74, 6) is 0.777. The van der Waals surface area contributed by atoms with Gasteiger partial charge in [-0.05, 0) is 51.6 Å². The van der Waals surface area contributed by atoms with Gasteiger partial charge in [-0.15, -0.1) is 0 Å². The molecule has 0 bridgehead atoms. The number of hydrogen-bond donors (Lipinski definition) is 2. The van der Waals surface area contributed by atoms with Crippen LogP contribution in [-0.4, -0.2) is 61.5 Å². The lowest BCUT2D eigenvalue weighted by Crippen LogP contribution is -2.44. The Kier molecular flexibility index (Phi) is 6.57. The van der Waals surface area contributed by atoms with Crippen molar-refractivity contribution in [3.8, 4) is 0 Å². The first kappa shape index (κ1) is 15.2. The topological polar surface area (TPSA) is 44.7 Å². The molecule has 1 aliphatic heterocycles. The van der Waals surface area contributed by atoms with Gasteiger partial charge < -0.3 is 15.2 Å². The van der Waals surface area contributed by atoms with Crippen LogP contribution in [-0.2, 0) is 4.74 Å². The summed E-state index contributed by atoms with van der Waals surface area (Å²) in [6, 6.07) is 0.569. The van der Waals surface area contributed by atoms with Crippen molar-refractivity contribution in [3.05, 3.63) is 0 Å². The van der Waals surface area contributed by atoms with E-state index in [9.17, 15) is 5.11 Å². The van der Waals surface area contributed by atoms with Gasteiger partial charge in [0.2, 0.25) is 0 Å². The zero-order chi connectivity index (χ0) is 13.5. The molecule has 1 saturated carbocycles. The summed E-state index contributed by atoms with van der Waals surface area (Å²) in [6.07, 6.45) is 6.30. The van der Waals surface area contributed by atoms with E-state index < -0.39 is 0 Å². The summed E-state index contributed by atoms with van der Waals surface area (Å²) in [5, 5.41) is 13.2. The lowest BCUT2D eigenvalue weighted by atomic mass is 10.1. The van der Waals surface area contributed by atoms with Crippen molar-refractivity contribution in [3.63, 3.8) is 0 Å². The van der Waals surface area contributed by atoms with Gasteiger partial charge in [0.15, 0.2) is 0 Å². The zero-order valence-electron chi connectivity index (χ0n) is 12.3. The van der Waals surface area contributed by atoms with Crippen LogP contribution in [0, 0.1) is 5.92 Å². The molecular weight excluding hydrogens is 240 g/mol. The number of piperidine rings is 1. The van der Waals surface area contributed by atoms with Gasteiger partial charge in [-0.2, -0.15) is 0 Å². The normalized spacial score (nSPS) is 24.3. The molecule has 2 atom stereocenters. The Hall–Kier alpha value is -0.160. The van der Waals surface area contributed by atoms with Crippen molar-refractivity contribution in [1.29, 1.82) is 0 Å². The average Bonchev–Trinajstić information content (AvgIpc) is 3.24. The number of aliphatic hydroxyl groups excluding tert-OH is 1. The fraction of sp³-hybridized carbons (Fsp3) is 1.00.